The Balaban J connectivity index is 2.50. The van der Waals surface area contributed by atoms with Gasteiger partial charge in [0.1, 0.15) is 11.6 Å². The molecule has 6 heteroatoms. The zero-order chi connectivity index (χ0) is 11.5. The lowest BCUT2D eigenvalue weighted by molar-refractivity contribution is 0.415. The van der Waals surface area contributed by atoms with E-state index in [1.54, 1.807) is 31.4 Å². The Morgan fingerprint density at radius 2 is 1.94 bits per heavy atom. The summed E-state index contributed by atoms with van der Waals surface area (Å²) >= 11 is 4.82. The van der Waals surface area contributed by atoms with Gasteiger partial charge in [-0.2, -0.15) is 0 Å². The van der Waals surface area contributed by atoms with Gasteiger partial charge < -0.3 is 4.74 Å². The lowest BCUT2D eigenvalue weighted by Gasteiger charge is -2.02. The molecular weight excluding hydrogens is 226 g/mol. The number of hydrogen-bond donors (Lipinski definition) is 2. The molecule has 0 bridgehead atoms. The minimum Gasteiger partial charge on any atom is -0.497 e. The third-order valence-electron chi connectivity index (χ3n) is 2.03. The SMILES string of the molecule is COc1ccc(-c2nc(=S)[nH]c(=O)[nH]2)cc1. The summed E-state index contributed by atoms with van der Waals surface area (Å²) < 4.78 is 5.20. The van der Waals surface area contributed by atoms with Crippen molar-refractivity contribution in [1.82, 2.24) is 15.0 Å². The molecule has 0 unspecified atom stereocenters. The molecule has 2 aromatic rings. The molecular formula is C10H9N3O2S. The largest absolute Gasteiger partial charge is 0.497 e. The fraction of sp³-hybridized carbons (Fsp3) is 0.100. The van der Waals surface area contributed by atoms with Crippen LogP contribution in [-0.4, -0.2) is 22.1 Å². The maximum atomic E-state index is 11.2. The van der Waals surface area contributed by atoms with Gasteiger partial charge in [0.2, 0.25) is 4.77 Å². The van der Waals surface area contributed by atoms with Crippen LogP contribution in [0.4, 0.5) is 0 Å². The van der Waals surface area contributed by atoms with Crippen molar-refractivity contribution in [2.45, 2.75) is 0 Å². The first-order valence-electron chi connectivity index (χ1n) is 4.54. The number of hydrogen-bond acceptors (Lipinski definition) is 4. The number of aromatic amines is 2. The lowest BCUT2D eigenvalue weighted by atomic mass is 10.2. The number of ether oxygens (including phenoxy) is 1. The van der Waals surface area contributed by atoms with Gasteiger partial charge in [-0.25, -0.2) is 9.78 Å². The van der Waals surface area contributed by atoms with E-state index in [0.717, 1.165) is 11.3 Å². The van der Waals surface area contributed by atoms with Crippen molar-refractivity contribution >= 4 is 12.2 Å². The van der Waals surface area contributed by atoms with Crippen LogP contribution in [0.2, 0.25) is 0 Å². The first kappa shape index (κ1) is 10.6. The van der Waals surface area contributed by atoms with Gasteiger partial charge in [-0.1, -0.05) is 0 Å². The second-order valence-corrected chi connectivity index (χ2v) is 3.46. The monoisotopic (exact) mass is 235 g/mol. The van der Waals surface area contributed by atoms with Crippen LogP contribution in [0.15, 0.2) is 29.1 Å². The molecule has 0 saturated carbocycles. The van der Waals surface area contributed by atoms with E-state index in [-0.39, 0.29) is 10.5 Å². The molecule has 0 aliphatic rings. The second kappa shape index (κ2) is 4.28. The summed E-state index contributed by atoms with van der Waals surface area (Å²) in [5.74, 6) is 1.18. The molecule has 16 heavy (non-hydrogen) atoms. The Morgan fingerprint density at radius 3 is 2.50 bits per heavy atom. The van der Waals surface area contributed by atoms with Gasteiger partial charge in [0, 0.05) is 5.56 Å². The minimum atomic E-state index is -0.370. The van der Waals surface area contributed by atoms with E-state index in [2.05, 4.69) is 15.0 Å². The van der Waals surface area contributed by atoms with Gasteiger partial charge >= 0.3 is 5.69 Å². The fourth-order valence-electron chi connectivity index (χ4n) is 1.28. The maximum Gasteiger partial charge on any atom is 0.326 e. The summed E-state index contributed by atoms with van der Waals surface area (Å²) in [7, 11) is 1.59. The summed E-state index contributed by atoms with van der Waals surface area (Å²) in [6, 6.07) is 7.17. The minimum absolute atomic E-state index is 0.162. The van der Waals surface area contributed by atoms with Gasteiger partial charge in [-0.3, -0.25) is 9.97 Å². The maximum absolute atomic E-state index is 11.2. The van der Waals surface area contributed by atoms with E-state index in [4.69, 9.17) is 17.0 Å². The van der Waals surface area contributed by atoms with Crippen LogP contribution < -0.4 is 10.4 Å². The molecule has 82 valence electrons. The standard InChI is InChI=1S/C10H9N3O2S/c1-15-7-4-2-6(3-5-7)8-11-9(14)13-10(16)12-8/h2-5H,1H3,(H2,11,12,13,14,16). The topological polar surface area (TPSA) is 70.8 Å². The fourth-order valence-corrected chi connectivity index (χ4v) is 1.46. The molecule has 0 amide bonds. The van der Waals surface area contributed by atoms with E-state index < -0.39 is 0 Å². The van der Waals surface area contributed by atoms with Crippen LogP contribution in [0.1, 0.15) is 0 Å². The highest BCUT2D eigenvalue weighted by molar-refractivity contribution is 7.71. The molecule has 0 spiro atoms. The predicted octanol–water partition coefficient (Wildman–Crippen LogP) is 1.50. The Morgan fingerprint density at radius 1 is 1.25 bits per heavy atom. The van der Waals surface area contributed by atoms with Crippen molar-refractivity contribution in [3.8, 4) is 17.1 Å². The number of aromatic nitrogens is 3. The predicted molar refractivity (Wildman–Crippen MR) is 62.0 cm³/mol. The van der Waals surface area contributed by atoms with Crippen molar-refractivity contribution in [1.29, 1.82) is 0 Å². The summed E-state index contributed by atoms with van der Waals surface area (Å²) in [5, 5.41) is 0. The molecule has 2 rings (SSSR count). The van der Waals surface area contributed by atoms with Gasteiger partial charge in [0.15, 0.2) is 0 Å². The Hall–Kier alpha value is -1.95. The van der Waals surface area contributed by atoms with Crippen molar-refractivity contribution < 1.29 is 4.74 Å². The number of nitrogens with zero attached hydrogens (tertiary/aromatic N) is 1. The van der Waals surface area contributed by atoms with E-state index >= 15 is 0 Å². The molecule has 0 saturated heterocycles. The molecule has 0 atom stereocenters. The zero-order valence-electron chi connectivity index (χ0n) is 8.48. The number of H-pyrrole nitrogens is 2. The molecule has 5 nitrogen and oxygen atoms in total. The highest BCUT2D eigenvalue weighted by Gasteiger charge is 2.01. The molecule has 0 radical (unpaired) electrons. The molecule has 0 aliphatic carbocycles. The quantitative estimate of drug-likeness (QED) is 0.774. The number of nitrogens with one attached hydrogen (secondary N) is 2. The number of methoxy groups -OCH3 is 1. The van der Waals surface area contributed by atoms with Gasteiger partial charge in [0.25, 0.3) is 0 Å². The third-order valence-corrected chi connectivity index (χ3v) is 2.22. The average molecular weight is 235 g/mol. The molecule has 1 heterocycles. The van der Waals surface area contributed by atoms with Crippen LogP contribution in [0, 0.1) is 4.77 Å². The van der Waals surface area contributed by atoms with Crippen LogP contribution in [0.3, 0.4) is 0 Å². The smallest absolute Gasteiger partial charge is 0.326 e. The van der Waals surface area contributed by atoms with E-state index in [1.165, 1.54) is 0 Å². The Labute approximate surface area is 96.1 Å². The van der Waals surface area contributed by atoms with Crippen molar-refractivity contribution in [2.75, 3.05) is 7.11 Å². The molecule has 1 aromatic carbocycles. The van der Waals surface area contributed by atoms with Crippen molar-refractivity contribution in [3.05, 3.63) is 39.5 Å². The Bertz CT molecular complexity index is 572. The Kier molecular flexibility index (Phi) is 2.82. The highest BCUT2D eigenvalue weighted by atomic mass is 32.1. The first-order valence-corrected chi connectivity index (χ1v) is 4.95. The van der Waals surface area contributed by atoms with Gasteiger partial charge in [0.05, 0.1) is 7.11 Å². The van der Waals surface area contributed by atoms with E-state index in [9.17, 15) is 4.79 Å². The summed E-state index contributed by atoms with van der Waals surface area (Å²) in [6.45, 7) is 0. The number of benzene rings is 1. The van der Waals surface area contributed by atoms with Crippen LogP contribution in [-0.2, 0) is 0 Å². The average Bonchev–Trinajstić information content (AvgIpc) is 2.28. The van der Waals surface area contributed by atoms with Gasteiger partial charge in [-0.15, -0.1) is 0 Å². The van der Waals surface area contributed by atoms with E-state index in [0.29, 0.717) is 5.82 Å². The highest BCUT2D eigenvalue weighted by Crippen LogP contribution is 2.17. The molecule has 0 fully saturated rings. The van der Waals surface area contributed by atoms with Gasteiger partial charge in [-0.05, 0) is 36.5 Å². The second-order valence-electron chi connectivity index (χ2n) is 3.07. The number of rotatable bonds is 2. The molecule has 1 aromatic heterocycles. The normalized spacial score (nSPS) is 10.1. The lowest BCUT2D eigenvalue weighted by Crippen LogP contribution is -2.12. The molecule has 2 N–H and O–H groups in total. The summed E-state index contributed by atoms with van der Waals surface area (Å²) in [4.78, 5) is 20.1. The first-order chi connectivity index (χ1) is 7.69. The van der Waals surface area contributed by atoms with E-state index in [1.807, 2.05) is 0 Å². The summed E-state index contributed by atoms with van der Waals surface area (Å²) in [5.41, 5.74) is 0.406. The zero-order valence-corrected chi connectivity index (χ0v) is 9.30. The van der Waals surface area contributed by atoms with Crippen LogP contribution in [0.5, 0.6) is 5.75 Å². The van der Waals surface area contributed by atoms with Crippen molar-refractivity contribution in [2.24, 2.45) is 0 Å². The van der Waals surface area contributed by atoms with Crippen LogP contribution in [0.25, 0.3) is 11.4 Å². The summed E-state index contributed by atoms with van der Waals surface area (Å²) in [6.07, 6.45) is 0. The van der Waals surface area contributed by atoms with Crippen molar-refractivity contribution in [3.63, 3.8) is 0 Å². The van der Waals surface area contributed by atoms with Crippen LogP contribution >= 0.6 is 12.2 Å². The molecule has 0 aliphatic heterocycles. The third kappa shape index (κ3) is 2.17.